The first-order chi connectivity index (χ1) is 9.96. The lowest BCUT2D eigenvalue weighted by Gasteiger charge is -2.36. The summed E-state index contributed by atoms with van der Waals surface area (Å²) < 4.78 is 5.08. The van der Waals surface area contributed by atoms with Gasteiger partial charge in [-0.25, -0.2) is 0 Å². The molecule has 2 aliphatic carbocycles. The zero-order valence-electron chi connectivity index (χ0n) is 13.6. The van der Waals surface area contributed by atoms with Crippen LogP contribution >= 0.6 is 0 Å². The van der Waals surface area contributed by atoms with Gasteiger partial charge >= 0.3 is 5.97 Å². The molecule has 0 aromatic heterocycles. The number of esters is 1. The Balaban J connectivity index is 1.70. The summed E-state index contributed by atoms with van der Waals surface area (Å²) in [6.07, 6.45) is 8.14. The fourth-order valence-corrected chi connectivity index (χ4v) is 3.83. The maximum absolute atomic E-state index is 11.7. The van der Waals surface area contributed by atoms with Gasteiger partial charge in [-0.15, -0.1) is 0 Å². The maximum Gasteiger partial charge on any atom is 0.308 e. The van der Waals surface area contributed by atoms with Crippen molar-refractivity contribution >= 4 is 5.97 Å². The predicted molar refractivity (Wildman–Crippen MR) is 83.0 cm³/mol. The van der Waals surface area contributed by atoms with Crippen LogP contribution < -0.4 is 5.32 Å². The van der Waals surface area contributed by atoms with Crippen molar-refractivity contribution in [2.45, 2.75) is 70.8 Å². The second-order valence-electron chi connectivity index (χ2n) is 7.37. The van der Waals surface area contributed by atoms with Crippen molar-refractivity contribution in [2.75, 3.05) is 19.7 Å². The van der Waals surface area contributed by atoms with E-state index in [0.717, 1.165) is 19.4 Å². The Morgan fingerprint density at radius 1 is 1.19 bits per heavy atom. The van der Waals surface area contributed by atoms with Crippen LogP contribution in [0.2, 0.25) is 0 Å². The first-order valence-corrected chi connectivity index (χ1v) is 8.56. The molecule has 0 aromatic rings. The molecule has 2 rings (SSSR count). The number of hydrogen-bond donors (Lipinski definition) is 2. The monoisotopic (exact) mass is 297 g/mol. The Bertz CT molecular complexity index is 342. The van der Waals surface area contributed by atoms with Gasteiger partial charge in [0.15, 0.2) is 0 Å². The molecular weight excluding hydrogens is 266 g/mol. The second-order valence-corrected chi connectivity index (χ2v) is 7.37. The van der Waals surface area contributed by atoms with Crippen molar-refractivity contribution in [3.05, 3.63) is 0 Å². The minimum absolute atomic E-state index is 0.0161. The van der Waals surface area contributed by atoms with Crippen LogP contribution in [0.15, 0.2) is 0 Å². The third-order valence-corrected chi connectivity index (χ3v) is 5.35. The van der Waals surface area contributed by atoms with Gasteiger partial charge in [0.25, 0.3) is 0 Å². The summed E-state index contributed by atoms with van der Waals surface area (Å²) >= 11 is 0. The number of rotatable bonds is 6. The average Bonchev–Trinajstić information content (AvgIpc) is 2.86. The van der Waals surface area contributed by atoms with Crippen molar-refractivity contribution in [3.63, 3.8) is 0 Å². The first-order valence-electron chi connectivity index (χ1n) is 8.56. The minimum Gasteiger partial charge on any atom is -0.466 e. The van der Waals surface area contributed by atoms with Gasteiger partial charge in [0, 0.05) is 13.1 Å². The van der Waals surface area contributed by atoms with Gasteiger partial charge < -0.3 is 15.2 Å². The number of aliphatic hydroxyl groups is 1. The summed E-state index contributed by atoms with van der Waals surface area (Å²) in [7, 11) is 0. The van der Waals surface area contributed by atoms with E-state index in [1.165, 1.54) is 25.7 Å². The molecule has 2 N–H and O–H groups in total. The Kier molecular flexibility index (Phi) is 5.67. The van der Waals surface area contributed by atoms with E-state index in [1.807, 2.05) is 6.92 Å². The van der Waals surface area contributed by atoms with Crippen LogP contribution in [0.1, 0.15) is 65.2 Å². The lowest BCUT2D eigenvalue weighted by Crippen LogP contribution is -2.46. The summed E-state index contributed by atoms with van der Waals surface area (Å²) in [5, 5.41) is 14.1. The largest absolute Gasteiger partial charge is 0.466 e. The van der Waals surface area contributed by atoms with Gasteiger partial charge in [-0.3, -0.25) is 4.79 Å². The van der Waals surface area contributed by atoms with Crippen LogP contribution in [0, 0.1) is 11.3 Å². The molecule has 0 saturated heterocycles. The van der Waals surface area contributed by atoms with Crippen LogP contribution in [-0.2, 0) is 9.53 Å². The van der Waals surface area contributed by atoms with E-state index in [2.05, 4.69) is 12.2 Å². The van der Waals surface area contributed by atoms with E-state index in [1.54, 1.807) is 0 Å². The predicted octanol–water partition coefficient (Wildman–Crippen LogP) is 2.64. The number of nitrogens with one attached hydrogen (secondary N) is 1. The molecule has 21 heavy (non-hydrogen) atoms. The molecular formula is C17H31NO3. The quantitative estimate of drug-likeness (QED) is 0.740. The maximum atomic E-state index is 11.7. The van der Waals surface area contributed by atoms with Crippen LogP contribution in [0.3, 0.4) is 0 Å². The third kappa shape index (κ3) is 4.68. The molecule has 0 radical (unpaired) electrons. The molecule has 2 aliphatic rings. The Labute approximate surface area is 128 Å². The van der Waals surface area contributed by atoms with E-state index in [9.17, 15) is 9.90 Å². The van der Waals surface area contributed by atoms with Crippen LogP contribution in [0.25, 0.3) is 0 Å². The molecule has 122 valence electrons. The summed E-state index contributed by atoms with van der Waals surface area (Å²) in [6.45, 7) is 6.27. The standard InChI is InChI=1S/C17H31NO3/c1-3-21-15(19)14-6-10-17(20,11-7-14)13-18-12-16(2)8-4-5-9-16/h14,18,20H,3-13H2,1-2H3. The molecule has 2 fully saturated rings. The second kappa shape index (κ2) is 7.10. The minimum atomic E-state index is -0.641. The van der Waals surface area contributed by atoms with E-state index in [0.29, 0.717) is 31.4 Å². The molecule has 0 amide bonds. The van der Waals surface area contributed by atoms with Crippen molar-refractivity contribution in [3.8, 4) is 0 Å². The highest BCUT2D eigenvalue weighted by molar-refractivity contribution is 5.72. The molecule has 4 nitrogen and oxygen atoms in total. The molecule has 0 heterocycles. The van der Waals surface area contributed by atoms with Crippen LogP contribution in [0.4, 0.5) is 0 Å². The summed E-state index contributed by atoms with van der Waals surface area (Å²) in [5.41, 5.74) is -0.226. The smallest absolute Gasteiger partial charge is 0.308 e. The molecule has 0 aromatic carbocycles. The molecule has 0 atom stereocenters. The highest BCUT2D eigenvalue weighted by Gasteiger charge is 2.37. The SMILES string of the molecule is CCOC(=O)C1CCC(O)(CNCC2(C)CCCC2)CC1. The fourth-order valence-electron chi connectivity index (χ4n) is 3.83. The lowest BCUT2D eigenvalue weighted by molar-refractivity contribution is -0.151. The van der Waals surface area contributed by atoms with Crippen molar-refractivity contribution in [1.29, 1.82) is 0 Å². The number of ether oxygens (including phenoxy) is 1. The van der Waals surface area contributed by atoms with Gasteiger partial charge in [-0.2, -0.15) is 0 Å². The Morgan fingerprint density at radius 3 is 2.38 bits per heavy atom. The van der Waals surface area contributed by atoms with Gasteiger partial charge in [-0.1, -0.05) is 19.8 Å². The van der Waals surface area contributed by atoms with E-state index < -0.39 is 5.60 Å². The lowest BCUT2D eigenvalue weighted by atomic mass is 9.78. The molecule has 0 spiro atoms. The van der Waals surface area contributed by atoms with E-state index in [4.69, 9.17) is 4.74 Å². The van der Waals surface area contributed by atoms with Crippen LogP contribution in [-0.4, -0.2) is 36.4 Å². The number of hydrogen-bond acceptors (Lipinski definition) is 4. The van der Waals surface area contributed by atoms with Crippen molar-refractivity contribution in [1.82, 2.24) is 5.32 Å². The highest BCUT2D eigenvalue weighted by Crippen LogP contribution is 2.37. The van der Waals surface area contributed by atoms with Crippen molar-refractivity contribution in [2.24, 2.45) is 11.3 Å². The molecule has 0 aliphatic heterocycles. The van der Waals surface area contributed by atoms with Gasteiger partial charge in [0.1, 0.15) is 0 Å². The zero-order chi connectivity index (χ0) is 15.3. The fraction of sp³-hybridized carbons (Fsp3) is 0.941. The molecule has 0 unspecified atom stereocenters. The highest BCUT2D eigenvalue weighted by atomic mass is 16.5. The zero-order valence-corrected chi connectivity index (χ0v) is 13.6. The van der Waals surface area contributed by atoms with Gasteiger partial charge in [0.2, 0.25) is 0 Å². The Morgan fingerprint density at radius 2 is 1.81 bits per heavy atom. The Hall–Kier alpha value is -0.610. The number of carbonyl (C=O) groups excluding carboxylic acids is 1. The summed E-state index contributed by atoms with van der Waals surface area (Å²) in [4.78, 5) is 11.7. The molecule has 2 saturated carbocycles. The number of carbonyl (C=O) groups is 1. The van der Waals surface area contributed by atoms with E-state index in [-0.39, 0.29) is 11.9 Å². The summed E-state index contributed by atoms with van der Waals surface area (Å²) in [6, 6.07) is 0. The van der Waals surface area contributed by atoms with Crippen molar-refractivity contribution < 1.29 is 14.6 Å². The van der Waals surface area contributed by atoms with Crippen LogP contribution in [0.5, 0.6) is 0 Å². The normalized spacial score (nSPS) is 32.0. The van der Waals surface area contributed by atoms with Gasteiger partial charge in [-0.05, 0) is 50.9 Å². The first kappa shape index (κ1) is 16.8. The van der Waals surface area contributed by atoms with E-state index >= 15 is 0 Å². The molecule has 0 bridgehead atoms. The third-order valence-electron chi connectivity index (χ3n) is 5.35. The molecule has 4 heteroatoms. The van der Waals surface area contributed by atoms with Gasteiger partial charge in [0.05, 0.1) is 18.1 Å². The topological polar surface area (TPSA) is 58.6 Å². The average molecular weight is 297 g/mol. The summed E-state index contributed by atoms with van der Waals surface area (Å²) in [5.74, 6) is -0.108.